The van der Waals surface area contributed by atoms with Crippen molar-refractivity contribution >= 4 is 5.91 Å². The minimum absolute atomic E-state index is 0.208. The molecule has 0 aromatic heterocycles. The Morgan fingerprint density at radius 2 is 0.984 bits per heavy atom. The Bertz CT molecular complexity index is 1270. The van der Waals surface area contributed by atoms with Gasteiger partial charge in [-0.2, -0.15) is 0 Å². The van der Waals surface area contributed by atoms with Gasteiger partial charge in [0, 0.05) is 6.42 Å². The SMILES string of the molecule is CC/C=C\C/C=C\C/C=C\C/C=C\CCCCCCCCC(=O)NC(COC1OC(CO)C(O)C(O)C1O)C(O)/C=C/CC/C=C/CC/C=C/CCCCCCCCCCCCCC. The lowest BCUT2D eigenvalue weighted by Gasteiger charge is -2.40. The molecule has 0 aromatic carbocycles. The van der Waals surface area contributed by atoms with E-state index in [-0.39, 0.29) is 12.5 Å². The van der Waals surface area contributed by atoms with Crippen molar-refractivity contribution in [2.75, 3.05) is 13.2 Å². The van der Waals surface area contributed by atoms with E-state index in [0.29, 0.717) is 6.42 Å². The average molecular weight is 898 g/mol. The second-order valence-corrected chi connectivity index (χ2v) is 17.6. The molecule has 1 amide bonds. The van der Waals surface area contributed by atoms with Crippen molar-refractivity contribution in [1.29, 1.82) is 0 Å². The van der Waals surface area contributed by atoms with E-state index in [1.165, 1.54) is 77.0 Å². The summed E-state index contributed by atoms with van der Waals surface area (Å²) in [7, 11) is 0. The number of hydrogen-bond donors (Lipinski definition) is 6. The zero-order valence-corrected chi connectivity index (χ0v) is 40.5. The standard InChI is InChI=1S/C55H95NO8/c1-3-5-7-9-11-13-15-17-19-21-23-24-25-27-28-30-32-34-36-38-40-42-44-49(58)48(47-63-55-54(62)53(61)52(60)50(46-57)64-55)56-51(59)45-43-41-39-37-35-33-31-29-26-22-20-18-16-14-12-10-8-6-4-2/h6,8,12,14,18,20,26-29,34,36,42,44,48-50,52-55,57-58,60-62H,3-5,7,9-11,13,15-17,19,21-25,30-33,35,37-41,43,45-47H2,1-2H3,(H,56,59)/b8-6-,14-12-,20-18-,28-27+,29-26-,36-34+,44-42+. The Kier molecular flexibility index (Phi) is 41.0. The van der Waals surface area contributed by atoms with E-state index in [0.717, 1.165) is 103 Å². The molecule has 0 spiro atoms. The normalized spacial score (nSPS) is 20.8. The second kappa shape index (κ2) is 44.2. The van der Waals surface area contributed by atoms with Crippen LogP contribution in [0.1, 0.15) is 200 Å². The predicted molar refractivity (Wildman–Crippen MR) is 267 cm³/mol. The first-order valence-corrected chi connectivity index (χ1v) is 25.8. The highest BCUT2D eigenvalue weighted by Crippen LogP contribution is 2.22. The Labute approximate surface area is 391 Å². The Balaban J connectivity index is 2.36. The van der Waals surface area contributed by atoms with Crippen LogP contribution < -0.4 is 5.32 Å². The minimum Gasteiger partial charge on any atom is -0.394 e. The smallest absolute Gasteiger partial charge is 0.220 e. The lowest BCUT2D eigenvalue weighted by atomic mass is 9.99. The highest BCUT2D eigenvalue weighted by Gasteiger charge is 2.44. The number of aliphatic hydroxyl groups is 5. The number of unbranched alkanes of at least 4 members (excludes halogenated alkanes) is 20. The average Bonchev–Trinajstić information content (AvgIpc) is 3.29. The summed E-state index contributed by atoms with van der Waals surface area (Å²) in [5, 5.41) is 54.3. The molecule has 1 fully saturated rings. The van der Waals surface area contributed by atoms with E-state index in [1.807, 2.05) is 6.08 Å². The fourth-order valence-electron chi connectivity index (χ4n) is 7.59. The van der Waals surface area contributed by atoms with E-state index in [2.05, 4.69) is 92.1 Å². The number of carbonyl (C=O) groups is 1. The van der Waals surface area contributed by atoms with Gasteiger partial charge in [0.2, 0.25) is 5.91 Å². The molecule has 0 aromatic rings. The van der Waals surface area contributed by atoms with Gasteiger partial charge in [-0.05, 0) is 83.5 Å². The van der Waals surface area contributed by atoms with Crippen LogP contribution in [0, 0.1) is 0 Å². The third-order valence-electron chi connectivity index (χ3n) is 11.7. The van der Waals surface area contributed by atoms with Crippen molar-refractivity contribution in [2.45, 2.75) is 243 Å². The first kappa shape index (κ1) is 59.4. The molecule has 6 N–H and O–H groups in total. The van der Waals surface area contributed by atoms with Gasteiger partial charge in [-0.25, -0.2) is 0 Å². The van der Waals surface area contributed by atoms with Gasteiger partial charge in [-0.15, -0.1) is 0 Å². The number of hydrogen-bond acceptors (Lipinski definition) is 8. The van der Waals surface area contributed by atoms with Gasteiger partial charge >= 0.3 is 0 Å². The largest absolute Gasteiger partial charge is 0.394 e. The van der Waals surface area contributed by atoms with Crippen LogP contribution in [-0.2, 0) is 14.3 Å². The summed E-state index contributed by atoms with van der Waals surface area (Å²) in [5.41, 5.74) is 0. The number of nitrogens with one attached hydrogen (secondary N) is 1. The molecule has 368 valence electrons. The van der Waals surface area contributed by atoms with Crippen LogP contribution >= 0.6 is 0 Å². The van der Waals surface area contributed by atoms with Crippen molar-refractivity contribution in [3.05, 3.63) is 85.1 Å². The van der Waals surface area contributed by atoms with Crippen molar-refractivity contribution < 1.29 is 39.8 Å². The number of allylic oxidation sites excluding steroid dienone is 13. The van der Waals surface area contributed by atoms with E-state index in [1.54, 1.807) is 6.08 Å². The van der Waals surface area contributed by atoms with Gasteiger partial charge in [0.15, 0.2) is 6.29 Å². The predicted octanol–water partition coefficient (Wildman–Crippen LogP) is 11.9. The molecule has 7 atom stereocenters. The zero-order chi connectivity index (χ0) is 46.6. The van der Waals surface area contributed by atoms with Gasteiger partial charge in [-0.3, -0.25) is 4.79 Å². The van der Waals surface area contributed by atoms with Crippen LogP contribution in [0.3, 0.4) is 0 Å². The summed E-state index contributed by atoms with van der Waals surface area (Å²) in [4.78, 5) is 13.0. The number of amides is 1. The molecule has 0 radical (unpaired) electrons. The fraction of sp³-hybridized carbons (Fsp3) is 0.727. The van der Waals surface area contributed by atoms with Crippen molar-refractivity contribution in [1.82, 2.24) is 5.32 Å². The maximum absolute atomic E-state index is 13.0. The monoisotopic (exact) mass is 898 g/mol. The first-order valence-electron chi connectivity index (χ1n) is 25.8. The van der Waals surface area contributed by atoms with Crippen LogP contribution in [0.5, 0.6) is 0 Å². The first-order chi connectivity index (χ1) is 31.3. The maximum atomic E-state index is 13.0. The summed E-state index contributed by atoms with van der Waals surface area (Å²) in [6.07, 6.45) is 54.9. The topological polar surface area (TPSA) is 149 Å². The molecule has 1 aliphatic heterocycles. The Hall–Kier alpha value is -2.63. The van der Waals surface area contributed by atoms with Crippen LogP contribution in [0.25, 0.3) is 0 Å². The van der Waals surface area contributed by atoms with Crippen LogP contribution in [0.4, 0.5) is 0 Å². The molecule has 9 heteroatoms. The highest BCUT2D eigenvalue weighted by molar-refractivity contribution is 5.76. The fourth-order valence-corrected chi connectivity index (χ4v) is 7.59. The summed E-state index contributed by atoms with van der Waals surface area (Å²) in [6.45, 7) is 3.63. The van der Waals surface area contributed by atoms with E-state index >= 15 is 0 Å². The quantitative estimate of drug-likeness (QED) is 0.0262. The van der Waals surface area contributed by atoms with Crippen molar-refractivity contribution in [3.63, 3.8) is 0 Å². The Morgan fingerprint density at radius 1 is 0.547 bits per heavy atom. The number of aliphatic hydroxyl groups excluding tert-OH is 5. The lowest BCUT2D eigenvalue weighted by molar-refractivity contribution is -0.302. The Morgan fingerprint density at radius 3 is 1.50 bits per heavy atom. The molecule has 9 nitrogen and oxygen atoms in total. The third-order valence-corrected chi connectivity index (χ3v) is 11.7. The van der Waals surface area contributed by atoms with Crippen LogP contribution in [0.2, 0.25) is 0 Å². The van der Waals surface area contributed by atoms with E-state index in [4.69, 9.17) is 9.47 Å². The molecule has 1 rings (SSSR count). The van der Waals surface area contributed by atoms with Gasteiger partial charge in [0.1, 0.15) is 24.4 Å². The molecular formula is C55H95NO8. The van der Waals surface area contributed by atoms with Gasteiger partial charge in [-0.1, -0.05) is 195 Å². The molecule has 1 saturated heterocycles. The van der Waals surface area contributed by atoms with Gasteiger partial charge in [0.05, 0.1) is 25.4 Å². The summed E-state index contributed by atoms with van der Waals surface area (Å²) in [6, 6.07) is -0.841. The molecule has 0 saturated carbocycles. The van der Waals surface area contributed by atoms with Gasteiger partial charge in [0.25, 0.3) is 0 Å². The summed E-state index contributed by atoms with van der Waals surface area (Å²) in [5.74, 6) is -0.208. The van der Waals surface area contributed by atoms with E-state index in [9.17, 15) is 30.3 Å². The highest BCUT2D eigenvalue weighted by atomic mass is 16.7. The van der Waals surface area contributed by atoms with Crippen LogP contribution in [0.15, 0.2) is 85.1 Å². The number of carbonyl (C=O) groups excluding carboxylic acids is 1. The summed E-state index contributed by atoms with van der Waals surface area (Å²) < 4.78 is 11.2. The molecule has 1 aliphatic rings. The van der Waals surface area contributed by atoms with E-state index < -0.39 is 49.5 Å². The van der Waals surface area contributed by atoms with Crippen LogP contribution in [-0.4, -0.2) is 87.5 Å². The lowest BCUT2D eigenvalue weighted by Crippen LogP contribution is -2.60. The third kappa shape index (κ3) is 33.8. The molecule has 64 heavy (non-hydrogen) atoms. The summed E-state index contributed by atoms with van der Waals surface area (Å²) >= 11 is 0. The van der Waals surface area contributed by atoms with Crippen molar-refractivity contribution in [3.8, 4) is 0 Å². The second-order valence-electron chi connectivity index (χ2n) is 17.6. The molecule has 0 bridgehead atoms. The number of rotatable bonds is 42. The molecule has 7 unspecified atom stereocenters. The van der Waals surface area contributed by atoms with Crippen molar-refractivity contribution in [2.24, 2.45) is 0 Å². The minimum atomic E-state index is -1.58. The number of ether oxygens (including phenoxy) is 2. The molecular weight excluding hydrogens is 803 g/mol. The maximum Gasteiger partial charge on any atom is 0.220 e. The molecule has 0 aliphatic carbocycles. The van der Waals surface area contributed by atoms with Gasteiger partial charge < -0.3 is 40.3 Å². The zero-order valence-electron chi connectivity index (χ0n) is 40.5. The molecule has 1 heterocycles.